The van der Waals surface area contributed by atoms with Crippen LogP contribution in [0.1, 0.15) is 35.3 Å². The van der Waals surface area contributed by atoms with Crippen LogP contribution in [-0.4, -0.2) is 11.4 Å². The van der Waals surface area contributed by atoms with Crippen molar-refractivity contribution in [3.05, 3.63) is 58.9 Å². The monoisotopic (exact) mass is 298 g/mol. The molecule has 3 rings (SSSR count). The van der Waals surface area contributed by atoms with Gasteiger partial charge < -0.3 is 10.6 Å². The number of nitrogens with one attached hydrogen (secondary N) is 2. The van der Waals surface area contributed by atoms with Gasteiger partial charge in [0.05, 0.1) is 11.4 Å². The number of benzene rings is 2. The Morgan fingerprint density at radius 1 is 1.18 bits per heavy atom. The van der Waals surface area contributed by atoms with Crippen molar-refractivity contribution in [2.45, 2.75) is 32.7 Å². The normalized spacial score (nSPS) is 15.1. The summed E-state index contributed by atoms with van der Waals surface area (Å²) in [5.41, 5.74) is 4.62. The lowest BCUT2D eigenvalue weighted by molar-refractivity contribution is 0.102. The van der Waals surface area contributed by atoms with E-state index in [-0.39, 0.29) is 17.3 Å². The molecular formula is C18H19FN2O. The molecule has 2 N–H and O–H groups in total. The summed E-state index contributed by atoms with van der Waals surface area (Å²) in [7, 11) is 0. The van der Waals surface area contributed by atoms with Crippen LogP contribution in [0.15, 0.2) is 36.4 Å². The van der Waals surface area contributed by atoms with Gasteiger partial charge in [0.1, 0.15) is 5.82 Å². The van der Waals surface area contributed by atoms with E-state index in [2.05, 4.69) is 31.4 Å². The number of anilines is 2. The van der Waals surface area contributed by atoms with E-state index in [1.807, 2.05) is 12.1 Å². The van der Waals surface area contributed by atoms with Gasteiger partial charge in [-0.25, -0.2) is 4.39 Å². The minimum absolute atomic E-state index is 0.0240. The molecule has 0 fully saturated rings. The smallest absolute Gasteiger partial charge is 0.255 e. The minimum atomic E-state index is -0.351. The van der Waals surface area contributed by atoms with Crippen molar-refractivity contribution in [3.8, 4) is 0 Å². The van der Waals surface area contributed by atoms with Crippen LogP contribution in [0.2, 0.25) is 0 Å². The van der Waals surface area contributed by atoms with Gasteiger partial charge in [0, 0.05) is 11.1 Å². The molecule has 4 heteroatoms. The van der Waals surface area contributed by atoms with E-state index >= 15 is 0 Å². The highest BCUT2D eigenvalue weighted by atomic mass is 19.1. The van der Waals surface area contributed by atoms with Crippen LogP contribution >= 0.6 is 0 Å². The molecule has 0 saturated carbocycles. The molecule has 0 bridgehead atoms. The molecule has 3 nitrogen and oxygen atoms in total. The second-order valence-electron chi connectivity index (χ2n) is 6.43. The van der Waals surface area contributed by atoms with Crippen LogP contribution in [0.5, 0.6) is 0 Å². The summed E-state index contributed by atoms with van der Waals surface area (Å²) in [6.07, 6.45) is 0.925. The topological polar surface area (TPSA) is 41.1 Å². The molecule has 1 aliphatic heterocycles. The number of aryl methyl sites for hydroxylation is 1. The highest BCUT2D eigenvalue weighted by molar-refractivity contribution is 6.06. The average Bonchev–Trinajstić information content (AvgIpc) is 2.79. The van der Waals surface area contributed by atoms with Gasteiger partial charge in [-0.1, -0.05) is 6.07 Å². The Labute approximate surface area is 129 Å². The van der Waals surface area contributed by atoms with E-state index in [0.717, 1.165) is 17.8 Å². The summed E-state index contributed by atoms with van der Waals surface area (Å²) < 4.78 is 12.9. The number of rotatable bonds is 2. The molecule has 0 saturated heterocycles. The zero-order valence-electron chi connectivity index (χ0n) is 13.0. The molecule has 1 amide bonds. The molecule has 0 atom stereocenters. The standard InChI is InChI=1S/C18H19FN2O/c1-11-4-9-15(16-14(11)10-18(2,3)21-16)20-17(22)12-5-7-13(19)8-6-12/h4-9,21H,10H2,1-3H3,(H,20,22). The Morgan fingerprint density at radius 2 is 1.86 bits per heavy atom. The van der Waals surface area contributed by atoms with Gasteiger partial charge in [-0.15, -0.1) is 0 Å². The molecule has 0 aromatic heterocycles. The lowest BCUT2D eigenvalue weighted by Crippen LogP contribution is -2.27. The Hall–Kier alpha value is -2.36. The summed E-state index contributed by atoms with van der Waals surface area (Å²) in [4.78, 5) is 12.3. The van der Waals surface area contributed by atoms with Gasteiger partial charge in [0.2, 0.25) is 0 Å². The molecule has 1 aliphatic rings. The molecule has 114 valence electrons. The lowest BCUT2D eigenvalue weighted by atomic mass is 9.97. The van der Waals surface area contributed by atoms with Crippen LogP contribution in [0.25, 0.3) is 0 Å². The summed E-state index contributed by atoms with van der Waals surface area (Å²) in [5.74, 6) is -0.589. The first-order valence-corrected chi connectivity index (χ1v) is 7.33. The van der Waals surface area contributed by atoms with Crippen LogP contribution < -0.4 is 10.6 Å². The van der Waals surface area contributed by atoms with Crippen LogP contribution in [0, 0.1) is 12.7 Å². The number of fused-ring (bicyclic) bond motifs is 1. The maximum atomic E-state index is 12.9. The van der Waals surface area contributed by atoms with Gasteiger partial charge in [-0.3, -0.25) is 4.79 Å². The quantitative estimate of drug-likeness (QED) is 0.875. The fraction of sp³-hybridized carbons (Fsp3) is 0.278. The predicted octanol–water partition coefficient (Wildman–Crippen LogP) is 4.13. The minimum Gasteiger partial charge on any atom is -0.378 e. The highest BCUT2D eigenvalue weighted by Gasteiger charge is 2.30. The summed E-state index contributed by atoms with van der Waals surface area (Å²) >= 11 is 0. The summed E-state index contributed by atoms with van der Waals surface area (Å²) in [5, 5.41) is 6.39. The van der Waals surface area contributed by atoms with Crippen molar-refractivity contribution >= 4 is 17.3 Å². The van der Waals surface area contributed by atoms with Crippen LogP contribution in [0.3, 0.4) is 0 Å². The van der Waals surface area contributed by atoms with Crippen LogP contribution in [-0.2, 0) is 6.42 Å². The maximum absolute atomic E-state index is 12.9. The van der Waals surface area contributed by atoms with Gasteiger partial charge >= 0.3 is 0 Å². The molecule has 0 aliphatic carbocycles. The van der Waals surface area contributed by atoms with E-state index in [1.54, 1.807) is 0 Å². The van der Waals surface area contributed by atoms with Gasteiger partial charge in [-0.05, 0) is 68.7 Å². The fourth-order valence-corrected chi connectivity index (χ4v) is 2.85. The first-order chi connectivity index (χ1) is 10.4. The third kappa shape index (κ3) is 2.69. The zero-order chi connectivity index (χ0) is 15.9. The zero-order valence-corrected chi connectivity index (χ0v) is 13.0. The third-order valence-corrected chi connectivity index (χ3v) is 3.98. The van der Waals surface area contributed by atoms with E-state index < -0.39 is 0 Å². The number of carbonyl (C=O) groups is 1. The van der Waals surface area contributed by atoms with Crippen molar-refractivity contribution in [1.29, 1.82) is 0 Å². The summed E-state index contributed by atoms with van der Waals surface area (Å²) in [6, 6.07) is 9.46. The van der Waals surface area contributed by atoms with Crippen molar-refractivity contribution in [2.75, 3.05) is 10.6 Å². The maximum Gasteiger partial charge on any atom is 0.255 e. The summed E-state index contributed by atoms with van der Waals surface area (Å²) in [6.45, 7) is 6.35. The number of hydrogen-bond donors (Lipinski definition) is 2. The van der Waals surface area contributed by atoms with E-state index in [0.29, 0.717) is 5.56 Å². The van der Waals surface area contributed by atoms with Crippen molar-refractivity contribution < 1.29 is 9.18 Å². The fourth-order valence-electron chi connectivity index (χ4n) is 2.85. The number of halogens is 1. The predicted molar refractivity (Wildman–Crippen MR) is 86.9 cm³/mol. The first kappa shape index (κ1) is 14.6. The molecule has 0 radical (unpaired) electrons. The molecule has 2 aromatic carbocycles. The molecule has 0 unspecified atom stereocenters. The molecule has 2 aromatic rings. The first-order valence-electron chi connectivity index (χ1n) is 7.33. The number of carbonyl (C=O) groups excluding carboxylic acids is 1. The van der Waals surface area contributed by atoms with Gasteiger partial charge in [-0.2, -0.15) is 0 Å². The lowest BCUT2D eigenvalue weighted by Gasteiger charge is -2.19. The van der Waals surface area contributed by atoms with Gasteiger partial charge in [0.25, 0.3) is 5.91 Å². The molecule has 0 spiro atoms. The second-order valence-corrected chi connectivity index (χ2v) is 6.43. The Morgan fingerprint density at radius 3 is 2.55 bits per heavy atom. The van der Waals surface area contributed by atoms with Crippen LogP contribution in [0.4, 0.5) is 15.8 Å². The number of hydrogen-bond acceptors (Lipinski definition) is 2. The highest BCUT2D eigenvalue weighted by Crippen LogP contribution is 2.39. The largest absolute Gasteiger partial charge is 0.378 e. The second kappa shape index (κ2) is 5.13. The van der Waals surface area contributed by atoms with E-state index in [9.17, 15) is 9.18 Å². The molecule has 22 heavy (non-hydrogen) atoms. The Bertz CT molecular complexity index is 735. The van der Waals surface area contributed by atoms with Gasteiger partial charge in [0.15, 0.2) is 0 Å². The van der Waals surface area contributed by atoms with E-state index in [4.69, 9.17) is 0 Å². The Kier molecular flexibility index (Phi) is 3.39. The van der Waals surface area contributed by atoms with Crippen molar-refractivity contribution in [2.24, 2.45) is 0 Å². The number of amides is 1. The Balaban J connectivity index is 1.90. The average molecular weight is 298 g/mol. The van der Waals surface area contributed by atoms with Crippen molar-refractivity contribution in [3.63, 3.8) is 0 Å². The third-order valence-electron chi connectivity index (χ3n) is 3.98. The van der Waals surface area contributed by atoms with E-state index in [1.165, 1.54) is 35.4 Å². The molecule has 1 heterocycles. The molecular weight excluding hydrogens is 279 g/mol. The SMILES string of the molecule is Cc1ccc(NC(=O)c2ccc(F)cc2)c2c1CC(C)(C)N2. The van der Waals surface area contributed by atoms with Crippen molar-refractivity contribution in [1.82, 2.24) is 0 Å².